The summed E-state index contributed by atoms with van der Waals surface area (Å²) >= 11 is 0. The number of rotatable bonds is 8. The van der Waals surface area contributed by atoms with Gasteiger partial charge in [0.05, 0.1) is 6.10 Å². The molecule has 0 aromatic rings. The lowest BCUT2D eigenvalue weighted by Crippen LogP contribution is -2.49. The number of nitrogens with zero attached hydrogens (tertiary/aromatic N) is 1. The molecule has 3 atom stereocenters. The maximum absolute atomic E-state index is 5.64. The van der Waals surface area contributed by atoms with E-state index in [9.17, 15) is 0 Å². The Bertz CT molecular complexity index is 270. The summed E-state index contributed by atoms with van der Waals surface area (Å²) in [4.78, 5) is 2.61. The number of hydrogen-bond donors (Lipinski definition) is 1. The van der Waals surface area contributed by atoms with Gasteiger partial charge in [0, 0.05) is 26.7 Å². The van der Waals surface area contributed by atoms with Gasteiger partial charge in [0.15, 0.2) is 0 Å². The molecule has 0 aromatic heterocycles. The normalized spacial score (nSPS) is 27.8. The van der Waals surface area contributed by atoms with Crippen LogP contribution in [0.3, 0.4) is 0 Å². The van der Waals surface area contributed by atoms with Crippen molar-refractivity contribution in [2.24, 2.45) is 17.3 Å². The SMILES string of the molecule is CCC(C)(CNCC(C)C)CN1CCC(C)C(OC)C1. The van der Waals surface area contributed by atoms with Crippen LogP contribution in [0.2, 0.25) is 0 Å². The van der Waals surface area contributed by atoms with Crippen molar-refractivity contribution in [3.05, 3.63) is 0 Å². The van der Waals surface area contributed by atoms with Gasteiger partial charge in [-0.15, -0.1) is 0 Å². The fourth-order valence-corrected chi connectivity index (χ4v) is 3.04. The molecule has 1 aliphatic rings. The van der Waals surface area contributed by atoms with E-state index in [1.165, 1.54) is 25.9 Å². The van der Waals surface area contributed by atoms with E-state index in [2.05, 4.69) is 44.8 Å². The number of methoxy groups -OCH3 is 1. The number of piperidine rings is 1. The van der Waals surface area contributed by atoms with Gasteiger partial charge in [-0.1, -0.05) is 34.6 Å². The zero-order chi connectivity index (χ0) is 15.2. The van der Waals surface area contributed by atoms with Crippen LogP contribution in [0.1, 0.15) is 47.5 Å². The summed E-state index contributed by atoms with van der Waals surface area (Å²) in [6.07, 6.45) is 2.90. The zero-order valence-corrected chi connectivity index (χ0v) is 14.5. The molecule has 120 valence electrons. The Morgan fingerprint density at radius 2 is 2.10 bits per heavy atom. The minimum atomic E-state index is 0.369. The van der Waals surface area contributed by atoms with E-state index in [1.807, 2.05) is 7.11 Å². The first-order chi connectivity index (χ1) is 9.40. The van der Waals surface area contributed by atoms with Crippen LogP contribution in [0.4, 0.5) is 0 Å². The van der Waals surface area contributed by atoms with Gasteiger partial charge in [0.25, 0.3) is 0 Å². The predicted octanol–water partition coefficient (Wildman–Crippen LogP) is 3.01. The minimum absolute atomic E-state index is 0.369. The molecular formula is C17H36N2O. The molecule has 1 fully saturated rings. The summed E-state index contributed by atoms with van der Waals surface area (Å²) in [6.45, 7) is 17.3. The van der Waals surface area contributed by atoms with Crippen molar-refractivity contribution in [1.82, 2.24) is 10.2 Å². The Hall–Kier alpha value is -0.120. The molecule has 20 heavy (non-hydrogen) atoms. The van der Waals surface area contributed by atoms with Crippen molar-refractivity contribution in [1.29, 1.82) is 0 Å². The molecule has 0 aromatic carbocycles. The Morgan fingerprint density at radius 1 is 1.40 bits per heavy atom. The van der Waals surface area contributed by atoms with E-state index in [0.29, 0.717) is 17.4 Å². The number of likely N-dealkylation sites (tertiary alicyclic amines) is 1. The molecule has 1 aliphatic heterocycles. The fourth-order valence-electron chi connectivity index (χ4n) is 3.04. The fraction of sp³-hybridized carbons (Fsp3) is 1.00. The largest absolute Gasteiger partial charge is 0.380 e. The number of hydrogen-bond acceptors (Lipinski definition) is 3. The van der Waals surface area contributed by atoms with Gasteiger partial charge < -0.3 is 15.0 Å². The van der Waals surface area contributed by atoms with E-state index in [-0.39, 0.29) is 0 Å². The summed E-state index contributed by atoms with van der Waals surface area (Å²) in [5.74, 6) is 1.42. The number of ether oxygens (including phenoxy) is 1. The van der Waals surface area contributed by atoms with Crippen LogP contribution in [0.5, 0.6) is 0 Å². The van der Waals surface area contributed by atoms with Crippen molar-refractivity contribution in [2.45, 2.75) is 53.6 Å². The van der Waals surface area contributed by atoms with Gasteiger partial charge in [0.2, 0.25) is 0 Å². The number of nitrogens with one attached hydrogen (secondary N) is 1. The third-order valence-corrected chi connectivity index (χ3v) is 4.84. The molecule has 0 amide bonds. The highest BCUT2D eigenvalue weighted by Gasteiger charge is 2.31. The predicted molar refractivity (Wildman–Crippen MR) is 87.1 cm³/mol. The Labute approximate surface area is 126 Å². The Morgan fingerprint density at radius 3 is 2.65 bits per heavy atom. The highest BCUT2D eigenvalue weighted by atomic mass is 16.5. The molecular weight excluding hydrogens is 248 g/mol. The van der Waals surface area contributed by atoms with Crippen LogP contribution >= 0.6 is 0 Å². The molecule has 0 spiro atoms. The summed E-state index contributed by atoms with van der Waals surface area (Å²) in [5.41, 5.74) is 0.369. The monoisotopic (exact) mass is 284 g/mol. The van der Waals surface area contributed by atoms with Gasteiger partial charge >= 0.3 is 0 Å². The smallest absolute Gasteiger partial charge is 0.0724 e. The first-order valence-corrected chi connectivity index (χ1v) is 8.36. The summed E-state index contributed by atoms with van der Waals surface area (Å²) < 4.78 is 5.64. The van der Waals surface area contributed by atoms with Crippen LogP contribution in [0.15, 0.2) is 0 Å². The van der Waals surface area contributed by atoms with Gasteiger partial charge in [-0.3, -0.25) is 0 Å². The van der Waals surface area contributed by atoms with Gasteiger partial charge in [0.1, 0.15) is 0 Å². The molecule has 1 saturated heterocycles. The first kappa shape index (κ1) is 17.9. The molecule has 3 unspecified atom stereocenters. The van der Waals surface area contributed by atoms with Crippen molar-refractivity contribution >= 4 is 0 Å². The van der Waals surface area contributed by atoms with Gasteiger partial charge in [-0.05, 0) is 43.2 Å². The van der Waals surface area contributed by atoms with Gasteiger partial charge in [-0.25, -0.2) is 0 Å². The minimum Gasteiger partial charge on any atom is -0.380 e. The van der Waals surface area contributed by atoms with E-state index in [0.717, 1.165) is 25.6 Å². The Kier molecular flexibility index (Phi) is 7.49. The van der Waals surface area contributed by atoms with Crippen LogP contribution in [0.25, 0.3) is 0 Å². The highest BCUT2D eigenvalue weighted by molar-refractivity contribution is 4.85. The van der Waals surface area contributed by atoms with Crippen molar-refractivity contribution in [3.8, 4) is 0 Å². The molecule has 1 N–H and O–H groups in total. The molecule has 3 nitrogen and oxygen atoms in total. The second kappa shape index (κ2) is 8.35. The summed E-state index contributed by atoms with van der Waals surface area (Å²) in [6, 6.07) is 0. The average Bonchev–Trinajstić information content (AvgIpc) is 2.40. The average molecular weight is 284 g/mol. The maximum Gasteiger partial charge on any atom is 0.0724 e. The second-order valence-corrected chi connectivity index (χ2v) is 7.46. The lowest BCUT2D eigenvalue weighted by Gasteiger charge is -2.41. The lowest BCUT2D eigenvalue weighted by atomic mass is 9.85. The lowest BCUT2D eigenvalue weighted by molar-refractivity contribution is -0.0168. The molecule has 0 saturated carbocycles. The van der Waals surface area contributed by atoms with Crippen LogP contribution in [-0.4, -0.2) is 50.8 Å². The Balaban J connectivity index is 2.45. The zero-order valence-electron chi connectivity index (χ0n) is 14.5. The third kappa shape index (κ3) is 5.71. The van der Waals surface area contributed by atoms with Crippen LogP contribution in [0, 0.1) is 17.3 Å². The van der Waals surface area contributed by atoms with Crippen molar-refractivity contribution < 1.29 is 4.74 Å². The topological polar surface area (TPSA) is 24.5 Å². The molecule has 0 radical (unpaired) electrons. The molecule has 0 bridgehead atoms. The van der Waals surface area contributed by atoms with Crippen molar-refractivity contribution in [3.63, 3.8) is 0 Å². The second-order valence-electron chi connectivity index (χ2n) is 7.46. The summed E-state index contributed by atoms with van der Waals surface area (Å²) in [7, 11) is 1.86. The molecule has 1 heterocycles. The standard InChI is InChI=1S/C17H36N2O/c1-7-17(5,12-18-10-14(2)3)13-19-9-8-15(4)16(11-19)20-6/h14-16,18H,7-13H2,1-6H3. The van der Waals surface area contributed by atoms with E-state index in [1.54, 1.807) is 0 Å². The first-order valence-electron chi connectivity index (χ1n) is 8.36. The van der Waals surface area contributed by atoms with Crippen LogP contribution in [-0.2, 0) is 4.74 Å². The van der Waals surface area contributed by atoms with Crippen LogP contribution < -0.4 is 5.32 Å². The van der Waals surface area contributed by atoms with E-state index in [4.69, 9.17) is 4.74 Å². The maximum atomic E-state index is 5.64. The molecule has 0 aliphatic carbocycles. The van der Waals surface area contributed by atoms with E-state index < -0.39 is 0 Å². The third-order valence-electron chi connectivity index (χ3n) is 4.84. The van der Waals surface area contributed by atoms with Gasteiger partial charge in [-0.2, -0.15) is 0 Å². The molecule has 1 rings (SSSR count). The van der Waals surface area contributed by atoms with Crippen molar-refractivity contribution in [2.75, 3.05) is 39.8 Å². The quantitative estimate of drug-likeness (QED) is 0.741. The van der Waals surface area contributed by atoms with E-state index >= 15 is 0 Å². The molecule has 3 heteroatoms. The summed E-state index contributed by atoms with van der Waals surface area (Å²) in [5, 5.41) is 3.64. The highest BCUT2D eigenvalue weighted by Crippen LogP contribution is 2.26.